The van der Waals surface area contributed by atoms with Gasteiger partial charge in [0.1, 0.15) is 0 Å². The molecule has 2 nitrogen and oxygen atoms in total. The van der Waals surface area contributed by atoms with Gasteiger partial charge in [0.15, 0.2) is 11.5 Å². The van der Waals surface area contributed by atoms with Crippen molar-refractivity contribution in [1.29, 1.82) is 0 Å². The molecule has 2 rings (SSSR count). The number of hydrogen-bond acceptors (Lipinski definition) is 2. The molecule has 0 N–H and O–H groups in total. The first-order chi connectivity index (χ1) is 7.19. The van der Waals surface area contributed by atoms with E-state index in [2.05, 4.69) is 33.8 Å². The van der Waals surface area contributed by atoms with Crippen LogP contribution in [0.15, 0.2) is 12.1 Å². The molecule has 1 aliphatic heterocycles. The maximum absolute atomic E-state index is 5.88. The van der Waals surface area contributed by atoms with Crippen molar-refractivity contribution >= 4 is 0 Å². The third-order valence-corrected chi connectivity index (χ3v) is 2.71. The van der Waals surface area contributed by atoms with Crippen molar-refractivity contribution < 1.29 is 9.47 Å². The number of ether oxygens (including phenoxy) is 2. The van der Waals surface area contributed by atoms with Gasteiger partial charge in [0.2, 0.25) is 5.79 Å². The SMILES string of the molecule is Cc1cc2c(c(C(C)(C)C)c1)OC(C)(C)O2. The van der Waals surface area contributed by atoms with Gasteiger partial charge >= 0.3 is 0 Å². The summed E-state index contributed by atoms with van der Waals surface area (Å²) in [6.45, 7) is 12.5. The molecule has 2 heteroatoms. The van der Waals surface area contributed by atoms with Gasteiger partial charge in [0, 0.05) is 19.4 Å². The summed E-state index contributed by atoms with van der Waals surface area (Å²) in [6.07, 6.45) is 0. The fourth-order valence-electron chi connectivity index (χ4n) is 2.01. The predicted molar refractivity (Wildman–Crippen MR) is 65.2 cm³/mol. The van der Waals surface area contributed by atoms with Crippen molar-refractivity contribution in [3.05, 3.63) is 23.3 Å². The summed E-state index contributed by atoms with van der Waals surface area (Å²) in [6, 6.07) is 4.23. The summed E-state index contributed by atoms with van der Waals surface area (Å²) in [5.74, 6) is 1.23. The first-order valence-electron chi connectivity index (χ1n) is 5.72. The summed E-state index contributed by atoms with van der Waals surface area (Å²) in [5.41, 5.74) is 2.50. The maximum atomic E-state index is 5.88. The summed E-state index contributed by atoms with van der Waals surface area (Å²) in [4.78, 5) is 0. The molecule has 1 aliphatic rings. The third-order valence-electron chi connectivity index (χ3n) is 2.71. The first kappa shape index (κ1) is 11.3. The number of aryl methyl sites for hydroxylation is 1. The predicted octanol–water partition coefficient (Wildman–Crippen LogP) is 3.80. The van der Waals surface area contributed by atoms with Crippen LogP contribution in [0.25, 0.3) is 0 Å². The van der Waals surface area contributed by atoms with E-state index in [9.17, 15) is 0 Å². The number of fused-ring (bicyclic) bond motifs is 1. The van der Waals surface area contributed by atoms with Gasteiger partial charge in [-0.15, -0.1) is 0 Å². The molecule has 0 aromatic heterocycles. The molecule has 16 heavy (non-hydrogen) atoms. The van der Waals surface area contributed by atoms with Crippen molar-refractivity contribution in [1.82, 2.24) is 0 Å². The van der Waals surface area contributed by atoms with Crippen molar-refractivity contribution in [2.24, 2.45) is 0 Å². The molecule has 88 valence electrons. The highest BCUT2D eigenvalue weighted by atomic mass is 16.7. The minimum absolute atomic E-state index is 0.0693. The van der Waals surface area contributed by atoms with Gasteiger partial charge in [-0.2, -0.15) is 0 Å². The molecule has 0 fully saturated rings. The van der Waals surface area contributed by atoms with Crippen LogP contribution in [0, 0.1) is 6.92 Å². The number of rotatable bonds is 0. The lowest BCUT2D eigenvalue weighted by molar-refractivity contribution is -0.0437. The van der Waals surface area contributed by atoms with Crippen molar-refractivity contribution in [3.8, 4) is 11.5 Å². The van der Waals surface area contributed by atoms with Crippen LogP contribution in [0.2, 0.25) is 0 Å². The van der Waals surface area contributed by atoms with E-state index in [1.165, 1.54) is 11.1 Å². The van der Waals surface area contributed by atoms with E-state index < -0.39 is 5.79 Å². The molecule has 0 aliphatic carbocycles. The van der Waals surface area contributed by atoms with E-state index in [-0.39, 0.29) is 5.41 Å². The molecule has 1 aromatic rings. The second-order valence-electron chi connectivity index (χ2n) is 5.99. The third kappa shape index (κ3) is 1.89. The van der Waals surface area contributed by atoms with Crippen LogP contribution >= 0.6 is 0 Å². The van der Waals surface area contributed by atoms with Crippen LogP contribution in [-0.2, 0) is 5.41 Å². The highest BCUT2D eigenvalue weighted by Gasteiger charge is 2.36. The minimum atomic E-state index is -0.546. The van der Waals surface area contributed by atoms with Gasteiger partial charge in [-0.25, -0.2) is 0 Å². The fraction of sp³-hybridized carbons (Fsp3) is 0.571. The van der Waals surface area contributed by atoms with Crippen molar-refractivity contribution in [2.75, 3.05) is 0 Å². The minimum Gasteiger partial charge on any atom is -0.449 e. The standard InChI is InChI=1S/C14H20O2/c1-9-7-10(13(2,3)4)12-11(8-9)15-14(5,6)16-12/h7-8H,1-6H3. The molecule has 0 amide bonds. The Labute approximate surface area is 97.6 Å². The summed E-state index contributed by atoms with van der Waals surface area (Å²) in [5, 5.41) is 0. The molecule has 0 bridgehead atoms. The molecule has 1 aromatic carbocycles. The van der Waals surface area contributed by atoms with Crippen LogP contribution in [0.3, 0.4) is 0 Å². The normalized spacial score (nSPS) is 17.6. The van der Waals surface area contributed by atoms with Crippen LogP contribution < -0.4 is 9.47 Å². The van der Waals surface area contributed by atoms with Crippen molar-refractivity contribution in [3.63, 3.8) is 0 Å². The highest BCUT2D eigenvalue weighted by molar-refractivity contribution is 5.54. The molecule has 0 saturated carbocycles. The van der Waals surface area contributed by atoms with E-state index in [1.54, 1.807) is 0 Å². The zero-order valence-electron chi connectivity index (χ0n) is 11.0. The average Bonchev–Trinajstić information content (AvgIpc) is 2.35. The largest absolute Gasteiger partial charge is 0.449 e. The van der Waals surface area contributed by atoms with Crippen molar-refractivity contribution in [2.45, 2.75) is 52.7 Å². The molecule has 0 radical (unpaired) electrons. The Morgan fingerprint density at radius 3 is 2.25 bits per heavy atom. The highest BCUT2D eigenvalue weighted by Crippen LogP contribution is 2.46. The van der Waals surface area contributed by atoms with Gasteiger partial charge in [-0.1, -0.05) is 26.8 Å². The average molecular weight is 220 g/mol. The lowest BCUT2D eigenvalue weighted by atomic mass is 9.85. The van der Waals surface area contributed by atoms with E-state index >= 15 is 0 Å². The quantitative estimate of drug-likeness (QED) is 0.662. The van der Waals surface area contributed by atoms with E-state index in [0.717, 1.165) is 11.5 Å². The molecule has 0 atom stereocenters. The molecule has 0 saturated heterocycles. The molecule has 0 unspecified atom stereocenters. The Morgan fingerprint density at radius 1 is 1.06 bits per heavy atom. The maximum Gasteiger partial charge on any atom is 0.246 e. The second kappa shape index (κ2) is 3.16. The first-order valence-corrected chi connectivity index (χ1v) is 5.72. The van der Waals surface area contributed by atoms with Crippen LogP contribution in [0.1, 0.15) is 45.7 Å². The lowest BCUT2D eigenvalue weighted by Crippen LogP contribution is -2.30. The van der Waals surface area contributed by atoms with Gasteiger partial charge in [0.05, 0.1) is 0 Å². The van der Waals surface area contributed by atoms with E-state index in [4.69, 9.17) is 9.47 Å². The molecule has 1 heterocycles. The summed E-state index contributed by atoms with van der Waals surface area (Å²) < 4.78 is 11.7. The Morgan fingerprint density at radius 2 is 1.69 bits per heavy atom. The molecule has 0 spiro atoms. The lowest BCUT2D eigenvalue weighted by Gasteiger charge is -2.22. The Balaban J connectivity index is 2.58. The topological polar surface area (TPSA) is 18.5 Å². The van der Waals surface area contributed by atoms with Crippen LogP contribution in [-0.4, -0.2) is 5.79 Å². The molecular weight excluding hydrogens is 200 g/mol. The van der Waals surface area contributed by atoms with Gasteiger partial charge in [0.25, 0.3) is 0 Å². The Hall–Kier alpha value is -1.18. The number of hydrogen-bond donors (Lipinski definition) is 0. The van der Waals surface area contributed by atoms with E-state index in [1.807, 2.05) is 19.9 Å². The number of benzene rings is 1. The summed E-state index contributed by atoms with van der Waals surface area (Å²) in [7, 11) is 0. The summed E-state index contributed by atoms with van der Waals surface area (Å²) >= 11 is 0. The smallest absolute Gasteiger partial charge is 0.246 e. The van der Waals surface area contributed by atoms with Crippen LogP contribution in [0.5, 0.6) is 11.5 Å². The monoisotopic (exact) mass is 220 g/mol. The Bertz CT molecular complexity index is 425. The zero-order chi connectivity index (χ0) is 12.1. The van der Waals surface area contributed by atoms with Crippen LogP contribution in [0.4, 0.5) is 0 Å². The van der Waals surface area contributed by atoms with Gasteiger partial charge in [-0.3, -0.25) is 0 Å². The Kier molecular flexibility index (Phi) is 2.23. The second-order valence-corrected chi connectivity index (χ2v) is 5.99. The molecular formula is C14H20O2. The zero-order valence-corrected chi connectivity index (χ0v) is 11.0. The fourth-order valence-corrected chi connectivity index (χ4v) is 2.01. The van der Waals surface area contributed by atoms with Gasteiger partial charge < -0.3 is 9.47 Å². The van der Waals surface area contributed by atoms with E-state index in [0.29, 0.717) is 0 Å². The van der Waals surface area contributed by atoms with Gasteiger partial charge in [-0.05, 0) is 24.0 Å².